The third kappa shape index (κ3) is 2.95. The van der Waals surface area contributed by atoms with Crippen molar-refractivity contribution in [2.45, 2.75) is 39.2 Å². The Morgan fingerprint density at radius 2 is 2.06 bits per heavy atom. The largest absolute Gasteiger partial charge is 0.497 e. The fourth-order valence-electron chi connectivity index (χ4n) is 2.68. The lowest BCUT2D eigenvalue weighted by molar-refractivity contribution is 0.280. The summed E-state index contributed by atoms with van der Waals surface area (Å²) in [6.07, 6.45) is 3.60. The topological polar surface area (TPSA) is 21.3 Å². The van der Waals surface area contributed by atoms with Gasteiger partial charge in [0.2, 0.25) is 0 Å². The smallest absolute Gasteiger partial charge is 0.146 e. The summed E-state index contributed by atoms with van der Waals surface area (Å²) in [5, 5.41) is 3.35. The Bertz CT molecular complexity index is 407. The molecule has 1 saturated carbocycles. The molecule has 2 rings (SSSR count). The van der Waals surface area contributed by atoms with Gasteiger partial charge in [0, 0.05) is 12.1 Å². The quantitative estimate of drug-likeness (QED) is 0.874. The molecule has 0 saturated heterocycles. The summed E-state index contributed by atoms with van der Waals surface area (Å²) < 4.78 is 18.9. The van der Waals surface area contributed by atoms with Crippen LogP contribution in [0, 0.1) is 17.7 Å². The van der Waals surface area contributed by atoms with Gasteiger partial charge in [-0.25, -0.2) is 4.39 Å². The second-order valence-corrected chi connectivity index (χ2v) is 5.49. The van der Waals surface area contributed by atoms with Gasteiger partial charge >= 0.3 is 0 Å². The maximum atomic E-state index is 13.8. The number of methoxy groups -OCH3 is 1. The molecule has 0 heterocycles. The van der Waals surface area contributed by atoms with Crippen LogP contribution < -0.4 is 10.1 Å². The van der Waals surface area contributed by atoms with Crippen LogP contribution in [0.5, 0.6) is 5.75 Å². The van der Waals surface area contributed by atoms with E-state index in [0.717, 1.165) is 6.42 Å². The average molecular weight is 251 g/mol. The first-order valence-corrected chi connectivity index (χ1v) is 6.70. The Labute approximate surface area is 109 Å². The van der Waals surface area contributed by atoms with Crippen LogP contribution in [0.2, 0.25) is 0 Å². The van der Waals surface area contributed by atoms with E-state index in [1.54, 1.807) is 19.2 Å². The molecule has 3 heteroatoms. The molecule has 3 atom stereocenters. The summed E-state index contributed by atoms with van der Waals surface area (Å²) in [7, 11) is 1.60. The summed E-state index contributed by atoms with van der Waals surface area (Å²) in [6, 6.07) is 5.20. The molecule has 18 heavy (non-hydrogen) atoms. The molecule has 0 bridgehead atoms. The standard InChI is InChI=1S/C15H22FNO/c1-10-4-5-11(2)14(8-10)17-15-9-12(18-3)6-7-13(15)16/h6-7,9-11,14,17H,4-5,8H2,1-3H3. The van der Waals surface area contributed by atoms with Gasteiger partial charge in [-0.15, -0.1) is 0 Å². The molecule has 1 aromatic carbocycles. The van der Waals surface area contributed by atoms with E-state index < -0.39 is 0 Å². The highest BCUT2D eigenvalue weighted by Crippen LogP contribution is 2.32. The Hall–Kier alpha value is -1.25. The van der Waals surface area contributed by atoms with E-state index >= 15 is 0 Å². The monoisotopic (exact) mass is 251 g/mol. The van der Waals surface area contributed by atoms with Crippen molar-refractivity contribution in [2.24, 2.45) is 11.8 Å². The number of halogens is 1. The normalized spacial score (nSPS) is 27.9. The minimum absolute atomic E-state index is 0.207. The van der Waals surface area contributed by atoms with Crippen molar-refractivity contribution in [2.75, 3.05) is 12.4 Å². The average Bonchev–Trinajstić information content (AvgIpc) is 2.36. The van der Waals surface area contributed by atoms with Crippen LogP contribution in [0.25, 0.3) is 0 Å². The van der Waals surface area contributed by atoms with Crippen LogP contribution in [-0.4, -0.2) is 13.2 Å². The minimum Gasteiger partial charge on any atom is -0.497 e. The second kappa shape index (κ2) is 5.59. The van der Waals surface area contributed by atoms with Gasteiger partial charge in [-0.1, -0.05) is 20.3 Å². The van der Waals surface area contributed by atoms with Crippen molar-refractivity contribution in [3.05, 3.63) is 24.0 Å². The van der Waals surface area contributed by atoms with Gasteiger partial charge < -0.3 is 10.1 Å². The van der Waals surface area contributed by atoms with E-state index in [-0.39, 0.29) is 5.82 Å². The fourth-order valence-corrected chi connectivity index (χ4v) is 2.68. The lowest BCUT2D eigenvalue weighted by Gasteiger charge is -2.34. The number of anilines is 1. The van der Waals surface area contributed by atoms with Crippen LogP contribution >= 0.6 is 0 Å². The Kier molecular flexibility index (Phi) is 4.10. The van der Waals surface area contributed by atoms with Crippen LogP contribution in [0.1, 0.15) is 33.1 Å². The van der Waals surface area contributed by atoms with Gasteiger partial charge in [0.05, 0.1) is 12.8 Å². The number of ether oxygens (including phenoxy) is 1. The maximum Gasteiger partial charge on any atom is 0.146 e. The van der Waals surface area contributed by atoms with Crippen molar-refractivity contribution in [1.29, 1.82) is 0 Å². The van der Waals surface area contributed by atoms with Crippen LogP contribution in [-0.2, 0) is 0 Å². The predicted molar refractivity (Wildman–Crippen MR) is 72.5 cm³/mol. The third-order valence-electron chi connectivity index (χ3n) is 3.97. The predicted octanol–water partition coefficient (Wildman–Crippen LogP) is 4.07. The number of benzene rings is 1. The van der Waals surface area contributed by atoms with Gasteiger partial charge in [-0.05, 0) is 36.8 Å². The molecular weight excluding hydrogens is 229 g/mol. The van der Waals surface area contributed by atoms with E-state index in [2.05, 4.69) is 19.2 Å². The van der Waals surface area contributed by atoms with Gasteiger partial charge in [-0.3, -0.25) is 0 Å². The van der Waals surface area contributed by atoms with E-state index in [1.807, 2.05) is 0 Å². The molecule has 0 spiro atoms. The molecule has 1 fully saturated rings. The molecule has 100 valence electrons. The van der Waals surface area contributed by atoms with Crippen molar-refractivity contribution < 1.29 is 9.13 Å². The Morgan fingerprint density at radius 1 is 1.28 bits per heavy atom. The first-order valence-electron chi connectivity index (χ1n) is 6.70. The highest BCUT2D eigenvalue weighted by atomic mass is 19.1. The molecule has 0 aliphatic heterocycles. The zero-order valence-electron chi connectivity index (χ0n) is 11.4. The van der Waals surface area contributed by atoms with Gasteiger partial charge in [0.15, 0.2) is 0 Å². The zero-order valence-corrected chi connectivity index (χ0v) is 11.4. The molecule has 1 aliphatic rings. The molecule has 2 nitrogen and oxygen atoms in total. The first-order chi connectivity index (χ1) is 8.60. The number of hydrogen-bond acceptors (Lipinski definition) is 2. The minimum atomic E-state index is -0.207. The van der Waals surface area contributed by atoms with Crippen molar-refractivity contribution in [3.63, 3.8) is 0 Å². The highest BCUT2D eigenvalue weighted by Gasteiger charge is 2.25. The first kappa shape index (κ1) is 13.2. The third-order valence-corrected chi connectivity index (χ3v) is 3.97. The van der Waals surface area contributed by atoms with Crippen molar-refractivity contribution in [3.8, 4) is 5.75 Å². The number of nitrogens with one attached hydrogen (secondary N) is 1. The summed E-state index contributed by atoms with van der Waals surface area (Å²) in [5.74, 6) is 1.79. The lowest BCUT2D eigenvalue weighted by atomic mass is 9.80. The van der Waals surface area contributed by atoms with Gasteiger partial charge in [0.25, 0.3) is 0 Å². The van der Waals surface area contributed by atoms with E-state index in [0.29, 0.717) is 29.3 Å². The summed E-state index contributed by atoms with van der Waals surface area (Å²) in [4.78, 5) is 0. The zero-order chi connectivity index (χ0) is 13.1. The van der Waals surface area contributed by atoms with E-state index in [4.69, 9.17) is 4.74 Å². The van der Waals surface area contributed by atoms with Crippen molar-refractivity contribution >= 4 is 5.69 Å². The fraction of sp³-hybridized carbons (Fsp3) is 0.600. The molecule has 1 N–H and O–H groups in total. The van der Waals surface area contributed by atoms with Crippen LogP contribution in [0.15, 0.2) is 18.2 Å². The molecule has 1 aliphatic carbocycles. The molecule has 0 aromatic heterocycles. The van der Waals surface area contributed by atoms with E-state index in [1.165, 1.54) is 18.9 Å². The molecule has 3 unspecified atom stereocenters. The second-order valence-electron chi connectivity index (χ2n) is 5.49. The molecule has 0 amide bonds. The van der Waals surface area contributed by atoms with E-state index in [9.17, 15) is 4.39 Å². The summed E-state index contributed by atoms with van der Waals surface area (Å²) in [6.45, 7) is 4.50. The lowest BCUT2D eigenvalue weighted by Crippen LogP contribution is -2.33. The number of hydrogen-bond donors (Lipinski definition) is 1. The molecular formula is C15H22FNO. The van der Waals surface area contributed by atoms with Gasteiger partial charge in [0.1, 0.15) is 11.6 Å². The van der Waals surface area contributed by atoms with Gasteiger partial charge in [-0.2, -0.15) is 0 Å². The van der Waals surface area contributed by atoms with Crippen molar-refractivity contribution in [1.82, 2.24) is 0 Å². The maximum absolute atomic E-state index is 13.8. The Morgan fingerprint density at radius 3 is 2.78 bits per heavy atom. The summed E-state index contributed by atoms with van der Waals surface area (Å²) in [5.41, 5.74) is 0.556. The summed E-state index contributed by atoms with van der Waals surface area (Å²) >= 11 is 0. The molecule has 0 radical (unpaired) electrons. The number of rotatable bonds is 3. The SMILES string of the molecule is COc1ccc(F)c(NC2CC(C)CCC2C)c1. The highest BCUT2D eigenvalue weighted by molar-refractivity contribution is 5.50. The van der Waals surface area contributed by atoms with Crippen LogP contribution in [0.4, 0.5) is 10.1 Å². The Balaban J connectivity index is 2.12. The van der Waals surface area contributed by atoms with Crippen LogP contribution in [0.3, 0.4) is 0 Å². The molecule has 1 aromatic rings.